The van der Waals surface area contributed by atoms with Crippen molar-refractivity contribution in [2.24, 2.45) is 11.7 Å². The lowest BCUT2D eigenvalue weighted by molar-refractivity contribution is -0.118. The van der Waals surface area contributed by atoms with Crippen molar-refractivity contribution in [1.29, 1.82) is 0 Å². The van der Waals surface area contributed by atoms with Gasteiger partial charge in [0.05, 0.1) is 6.04 Å². The van der Waals surface area contributed by atoms with Gasteiger partial charge >= 0.3 is 0 Å². The Bertz CT molecular complexity index is 432. The van der Waals surface area contributed by atoms with Crippen LogP contribution >= 0.6 is 0 Å². The molecule has 0 bridgehead atoms. The molecule has 92 valence electrons. The Kier molecular flexibility index (Phi) is 3.19. The smallest absolute Gasteiger partial charge is 0.241 e. The van der Waals surface area contributed by atoms with Gasteiger partial charge in [-0.25, -0.2) is 0 Å². The van der Waals surface area contributed by atoms with Crippen molar-refractivity contribution < 1.29 is 14.3 Å². The normalized spacial score (nSPS) is 14.8. The molecule has 1 amide bonds. The van der Waals surface area contributed by atoms with E-state index in [1.54, 1.807) is 18.2 Å². The summed E-state index contributed by atoms with van der Waals surface area (Å²) in [6, 6.07) is 4.74. The first kappa shape index (κ1) is 11.7. The number of rotatable bonds is 3. The van der Waals surface area contributed by atoms with Gasteiger partial charge in [0, 0.05) is 11.8 Å². The fourth-order valence-electron chi connectivity index (χ4n) is 1.50. The molecule has 2 rings (SSSR count). The molecule has 0 aromatic heterocycles. The van der Waals surface area contributed by atoms with E-state index in [4.69, 9.17) is 15.2 Å². The summed E-state index contributed by atoms with van der Waals surface area (Å²) in [6.45, 7) is 4.03. The van der Waals surface area contributed by atoms with Crippen molar-refractivity contribution in [3.63, 3.8) is 0 Å². The largest absolute Gasteiger partial charge is 0.454 e. The second-order valence-electron chi connectivity index (χ2n) is 4.33. The molecule has 0 radical (unpaired) electrons. The van der Waals surface area contributed by atoms with Crippen LogP contribution in [0.25, 0.3) is 0 Å². The van der Waals surface area contributed by atoms with E-state index < -0.39 is 6.04 Å². The second-order valence-corrected chi connectivity index (χ2v) is 4.33. The van der Waals surface area contributed by atoms with Crippen molar-refractivity contribution >= 4 is 11.6 Å². The lowest BCUT2D eigenvalue weighted by Gasteiger charge is -2.15. The van der Waals surface area contributed by atoms with Gasteiger partial charge in [-0.05, 0) is 18.1 Å². The molecule has 5 nitrogen and oxygen atoms in total. The number of carbonyl (C=O) groups excluding carboxylic acids is 1. The van der Waals surface area contributed by atoms with Crippen molar-refractivity contribution in [2.45, 2.75) is 19.9 Å². The Balaban J connectivity index is 2.07. The second kappa shape index (κ2) is 4.63. The van der Waals surface area contributed by atoms with Gasteiger partial charge in [-0.2, -0.15) is 0 Å². The van der Waals surface area contributed by atoms with Gasteiger partial charge in [-0.15, -0.1) is 0 Å². The molecule has 5 heteroatoms. The highest BCUT2D eigenvalue weighted by Gasteiger charge is 2.19. The average molecular weight is 236 g/mol. The first-order chi connectivity index (χ1) is 8.08. The molecular formula is C12H16N2O3. The van der Waals surface area contributed by atoms with Gasteiger partial charge in [-0.3, -0.25) is 4.79 Å². The number of benzene rings is 1. The molecule has 1 unspecified atom stereocenters. The quantitative estimate of drug-likeness (QED) is 0.830. The van der Waals surface area contributed by atoms with Crippen molar-refractivity contribution in [2.75, 3.05) is 12.1 Å². The summed E-state index contributed by atoms with van der Waals surface area (Å²) in [5.41, 5.74) is 6.42. The van der Waals surface area contributed by atoms with Gasteiger partial charge in [0.25, 0.3) is 0 Å². The van der Waals surface area contributed by atoms with Crippen LogP contribution in [0.1, 0.15) is 13.8 Å². The molecule has 1 heterocycles. The molecule has 0 spiro atoms. The van der Waals surface area contributed by atoms with Crippen LogP contribution in [-0.4, -0.2) is 18.7 Å². The van der Waals surface area contributed by atoms with E-state index >= 15 is 0 Å². The topological polar surface area (TPSA) is 73.6 Å². The summed E-state index contributed by atoms with van der Waals surface area (Å²) in [4.78, 5) is 11.7. The highest BCUT2D eigenvalue weighted by Crippen LogP contribution is 2.34. The van der Waals surface area contributed by atoms with E-state index in [9.17, 15) is 4.79 Å². The van der Waals surface area contributed by atoms with E-state index in [0.717, 1.165) is 0 Å². The third-order valence-electron chi connectivity index (χ3n) is 2.66. The fraction of sp³-hybridized carbons (Fsp3) is 0.417. The number of fused-ring (bicyclic) bond motifs is 1. The van der Waals surface area contributed by atoms with Gasteiger partial charge in [0.15, 0.2) is 11.5 Å². The van der Waals surface area contributed by atoms with Gasteiger partial charge in [0.2, 0.25) is 12.7 Å². The predicted molar refractivity (Wildman–Crippen MR) is 64.0 cm³/mol. The summed E-state index contributed by atoms with van der Waals surface area (Å²) in [6.07, 6.45) is 0. The number of hydrogen-bond acceptors (Lipinski definition) is 4. The highest BCUT2D eigenvalue weighted by molar-refractivity contribution is 5.95. The van der Waals surface area contributed by atoms with Gasteiger partial charge < -0.3 is 20.5 Å². The number of anilines is 1. The zero-order valence-electron chi connectivity index (χ0n) is 9.90. The highest BCUT2D eigenvalue weighted by atomic mass is 16.7. The third kappa shape index (κ3) is 2.50. The minimum absolute atomic E-state index is 0.101. The van der Waals surface area contributed by atoms with Gasteiger partial charge in [0.1, 0.15) is 0 Å². The molecule has 1 aromatic carbocycles. The van der Waals surface area contributed by atoms with Crippen LogP contribution in [0.5, 0.6) is 11.5 Å². The molecule has 17 heavy (non-hydrogen) atoms. The minimum Gasteiger partial charge on any atom is -0.454 e. The first-order valence-corrected chi connectivity index (χ1v) is 5.54. The lowest BCUT2D eigenvalue weighted by Crippen LogP contribution is -2.39. The van der Waals surface area contributed by atoms with Crippen molar-refractivity contribution in [3.05, 3.63) is 18.2 Å². The first-order valence-electron chi connectivity index (χ1n) is 5.54. The Morgan fingerprint density at radius 2 is 2.06 bits per heavy atom. The van der Waals surface area contributed by atoms with Crippen LogP contribution in [0.15, 0.2) is 18.2 Å². The Morgan fingerprint density at radius 1 is 1.35 bits per heavy atom. The molecule has 0 fully saturated rings. The zero-order chi connectivity index (χ0) is 12.4. The van der Waals surface area contributed by atoms with Crippen molar-refractivity contribution in [1.82, 2.24) is 0 Å². The molecule has 1 aromatic rings. The Labute approximate surface area is 99.9 Å². The molecule has 3 N–H and O–H groups in total. The fourth-order valence-corrected chi connectivity index (χ4v) is 1.50. The predicted octanol–water partition coefficient (Wildman–Crippen LogP) is 1.34. The average Bonchev–Trinajstić information content (AvgIpc) is 2.74. The maximum atomic E-state index is 11.7. The monoisotopic (exact) mass is 236 g/mol. The number of ether oxygens (including phenoxy) is 2. The van der Waals surface area contributed by atoms with Crippen LogP contribution in [0.4, 0.5) is 5.69 Å². The Morgan fingerprint density at radius 3 is 2.76 bits per heavy atom. The number of hydrogen-bond donors (Lipinski definition) is 2. The van der Waals surface area contributed by atoms with E-state index in [0.29, 0.717) is 17.2 Å². The summed E-state index contributed by atoms with van der Waals surface area (Å²) < 4.78 is 10.4. The molecule has 1 aliphatic heterocycles. The summed E-state index contributed by atoms with van der Waals surface area (Å²) >= 11 is 0. The minimum atomic E-state index is -0.513. The van der Waals surface area contributed by atoms with Crippen LogP contribution in [0.2, 0.25) is 0 Å². The maximum Gasteiger partial charge on any atom is 0.241 e. The van der Waals surface area contributed by atoms with Gasteiger partial charge in [-0.1, -0.05) is 13.8 Å². The summed E-state index contributed by atoms with van der Waals surface area (Å²) in [5, 5.41) is 2.75. The molecular weight excluding hydrogens is 220 g/mol. The molecule has 0 aliphatic carbocycles. The Hall–Kier alpha value is -1.75. The van der Waals surface area contributed by atoms with Crippen LogP contribution in [0.3, 0.4) is 0 Å². The summed E-state index contributed by atoms with van der Waals surface area (Å²) in [7, 11) is 0. The third-order valence-corrected chi connectivity index (χ3v) is 2.66. The summed E-state index contributed by atoms with van der Waals surface area (Å²) in [5.74, 6) is 1.24. The molecule has 0 saturated carbocycles. The number of amides is 1. The van der Waals surface area contributed by atoms with Crippen molar-refractivity contribution in [3.8, 4) is 11.5 Å². The lowest BCUT2D eigenvalue weighted by atomic mass is 10.0. The number of nitrogens with two attached hydrogens (primary N) is 1. The zero-order valence-corrected chi connectivity index (χ0v) is 9.90. The van der Waals surface area contributed by atoms with E-state index in [1.807, 2.05) is 13.8 Å². The standard InChI is InChI=1S/C12H16N2O3/c1-7(2)11(13)12(15)14-8-3-4-9-10(5-8)17-6-16-9/h3-5,7,11H,6,13H2,1-2H3,(H,14,15). The molecule has 0 saturated heterocycles. The van der Waals surface area contributed by atoms with E-state index in [1.165, 1.54) is 0 Å². The van der Waals surface area contributed by atoms with Crippen LogP contribution in [-0.2, 0) is 4.79 Å². The van der Waals surface area contributed by atoms with Crippen LogP contribution < -0.4 is 20.5 Å². The maximum absolute atomic E-state index is 11.7. The number of carbonyl (C=O) groups is 1. The van der Waals surface area contributed by atoms with Crippen LogP contribution in [0, 0.1) is 5.92 Å². The molecule has 1 aliphatic rings. The van der Waals surface area contributed by atoms with E-state index in [-0.39, 0.29) is 18.6 Å². The molecule has 1 atom stereocenters. The number of nitrogens with one attached hydrogen (secondary N) is 1. The van der Waals surface area contributed by atoms with E-state index in [2.05, 4.69) is 5.32 Å². The SMILES string of the molecule is CC(C)C(N)C(=O)Nc1ccc2c(c1)OCO2.